The van der Waals surface area contributed by atoms with Crippen LogP contribution in [0.15, 0.2) is 76.1 Å². The largest absolute Gasteiger partial charge is 0.417 e. The Bertz CT molecular complexity index is 1530. The number of nitrogens with one attached hydrogen (secondary N) is 1. The van der Waals surface area contributed by atoms with E-state index in [-0.39, 0.29) is 17.5 Å². The lowest BCUT2D eigenvalue weighted by atomic mass is 10.1. The third kappa shape index (κ3) is 8.26. The van der Waals surface area contributed by atoms with E-state index in [0.717, 1.165) is 22.2 Å². The van der Waals surface area contributed by atoms with Crippen LogP contribution in [0.1, 0.15) is 37.5 Å². The molecule has 1 atom stereocenters. The maximum atomic E-state index is 13.9. The van der Waals surface area contributed by atoms with Crippen LogP contribution in [0.2, 0.25) is 5.02 Å². The summed E-state index contributed by atoms with van der Waals surface area (Å²) >= 11 is 9.14. The van der Waals surface area contributed by atoms with Crippen molar-refractivity contribution in [1.82, 2.24) is 10.2 Å². The molecule has 2 amide bonds. The molecule has 1 N–H and O–H groups in total. The molecule has 0 aliphatic rings. The van der Waals surface area contributed by atoms with Crippen LogP contribution in [-0.2, 0) is 32.3 Å². The summed E-state index contributed by atoms with van der Waals surface area (Å²) in [6.07, 6.45) is -4.88. The number of nitrogens with zero attached hydrogens (tertiary/aromatic N) is 2. The van der Waals surface area contributed by atoms with E-state index in [9.17, 15) is 31.2 Å². The smallest absolute Gasteiger partial charge is 0.352 e. The Morgan fingerprint density at radius 2 is 1.57 bits per heavy atom. The molecule has 0 bridgehead atoms. The molecule has 3 aromatic carbocycles. The fraction of sp³-hybridized carbons (Fsp3) is 0.310. The van der Waals surface area contributed by atoms with Crippen LogP contribution in [0.3, 0.4) is 0 Å². The van der Waals surface area contributed by atoms with E-state index in [0.29, 0.717) is 15.9 Å². The van der Waals surface area contributed by atoms with Gasteiger partial charge in [-0.25, -0.2) is 8.42 Å². The number of aryl methyl sites for hydroxylation is 1. The third-order valence-corrected chi connectivity index (χ3v) is 8.94. The average molecular weight is 689 g/mol. The molecule has 226 valence electrons. The quantitative estimate of drug-likeness (QED) is 0.261. The van der Waals surface area contributed by atoms with Gasteiger partial charge >= 0.3 is 6.18 Å². The lowest BCUT2D eigenvalue weighted by Crippen LogP contribution is -2.52. The fourth-order valence-corrected chi connectivity index (χ4v) is 5.92. The summed E-state index contributed by atoms with van der Waals surface area (Å²) < 4.78 is 70.3. The van der Waals surface area contributed by atoms with Gasteiger partial charge in [0.2, 0.25) is 11.8 Å². The molecule has 0 aromatic heterocycles. The number of hydrogen-bond acceptors (Lipinski definition) is 4. The van der Waals surface area contributed by atoms with Crippen LogP contribution in [0, 0.1) is 6.92 Å². The highest BCUT2D eigenvalue weighted by Gasteiger charge is 2.37. The van der Waals surface area contributed by atoms with Crippen molar-refractivity contribution in [3.63, 3.8) is 0 Å². The van der Waals surface area contributed by atoms with Gasteiger partial charge in [0, 0.05) is 17.1 Å². The Morgan fingerprint density at radius 1 is 0.976 bits per heavy atom. The van der Waals surface area contributed by atoms with Crippen molar-refractivity contribution in [2.75, 3.05) is 10.8 Å². The van der Waals surface area contributed by atoms with Crippen molar-refractivity contribution in [3.05, 3.63) is 92.9 Å². The van der Waals surface area contributed by atoms with Gasteiger partial charge in [0.1, 0.15) is 12.6 Å². The Balaban J connectivity index is 2.12. The molecule has 13 heteroatoms. The van der Waals surface area contributed by atoms with Gasteiger partial charge in [0.15, 0.2) is 0 Å². The van der Waals surface area contributed by atoms with E-state index in [1.807, 2.05) is 0 Å². The molecule has 0 heterocycles. The second-order valence-electron chi connectivity index (χ2n) is 9.97. The third-order valence-electron chi connectivity index (χ3n) is 6.30. The van der Waals surface area contributed by atoms with E-state index >= 15 is 0 Å². The molecule has 0 radical (unpaired) electrons. The molecule has 0 fully saturated rings. The van der Waals surface area contributed by atoms with Crippen molar-refractivity contribution < 1.29 is 31.2 Å². The molecule has 0 spiro atoms. The topological polar surface area (TPSA) is 86.8 Å². The average Bonchev–Trinajstić information content (AvgIpc) is 2.90. The molecule has 42 heavy (non-hydrogen) atoms. The molecule has 0 aliphatic heterocycles. The highest BCUT2D eigenvalue weighted by atomic mass is 79.9. The number of amides is 2. The van der Waals surface area contributed by atoms with Crippen molar-refractivity contribution in [2.24, 2.45) is 0 Å². The Kier molecular flexibility index (Phi) is 10.7. The van der Waals surface area contributed by atoms with Crippen molar-refractivity contribution in [2.45, 2.75) is 57.4 Å². The van der Waals surface area contributed by atoms with E-state index in [1.54, 1.807) is 45.0 Å². The van der Waals surface area contributed by atoms with E-state index < -0.39 is 56.9 Å². The van der Waals surface area contributed by atoms with Crippen molar-refractivity contribution >= 4 is 55.1 Å². The minimum absolute atomic E-state index is 0.0639. The van der Waals surface area contributed by atoms with Gasteiger partial charge in [0.05, 0.1) is 21.2 Å². The summed E-state index contributed by atoms with van der Waals surface area (Å²) in [5, 5.41) is 2.11. The molecule has 7 nitrogen and oxygen atoms in total. The number of alkyl halides is 3. The van der Waals surface area contributed by atoms with Gasteiger partial charge in [-0.05, 0) is 75.7 Å². The van der Waals surface area contributed by atoms with Crippen LogP contribution < -0.4 is 9.62 Å². The van der Waals surface area contributed by atoms with Crippen LogP contribution in [0.5, 0.6) is 0 Å². The van der Waals surface area contributed by atoms with Gasteiger partial charge in [0.25, 0.3) is 10.0 Å². The number of benzene rings is 3. The Morgan fingerprint density at radius 3 is 2.12 bits per heavy atom. The van der Waals surface area contributed by atoms with E-state index in [1.165, 1.54) is 36.1 Å². The molecular formula is C29H30BrClF3N3O4S. The summed E-state index contributed by atoms with van der Waals surface area (Å²) in [5.74, 6) is -1.28. The number of rotatable bonds is 10. The number of carbonyl (C=O) groups is 2. The Labute approximate surface area is 256 Å². The zero-order chi connectivity index (χ0) is 31.4. The van der Waals surface area contributed by atoms with Crippen molar-refractivity contribution in [3.8, 4) is 0 Å². The van der Waals surface area contributed by atoms with Crippen LogP contribution in [-0.4, -0.2) is 43.8 Å². The first kappa shape index (κ1) is 33.4. The number of anilines is 1. The maximum absolute atomic E-state index is 13.9. The first-order valence-electron chi connectivity index (χ1n) is 12.8. The molecule has 3 rings (SSSR count). The van der Waals surface area contributed by atoms with Crippen LogP contribution >= 0.6 is 27.5 Å². The predicted octanol–water partition coefficient (Wildman–Crippen LogP) is 6.57. The first-order chi connectivity index (χ1) is 19.5. The lowest BCUT2D eigenvalue weighted by molar-refractivity contribution is -0.139. The second kappa shape index (κ2) is 13.5. The highest BCUT2D eigenvalue weighted by molar-refractivity contribution is 9.10. The molecule has 3 aromatic rings. The molecule has 1 unspecified atom stereocenters. The number of carbonyl (C=O) groups excluding carboxylic acids is 2. The monoisotopic (exact) mass is 687 g/mol. The summed E-state index contributed by atoms with van der Waals surface area (Å²) in [6.45, 7) is 5.80. The van der Waals surface area contributed by atoms with Gasteiger partial charge < -0.3 is 10.2 Å². The van der Waals surface area contributed by atoms with Gasteiger partial charge in [-0.3, -0.25) is 13.9 Å². The minimum Gasteiger partial charge on any atom is -0.352 e. The number of sulfonamides is 1. The van der Waals surface area contributed by atoms with Gasteiger partial charge in [-0.1, -0.05) is 57.4 Å². The SMILES string of the molecule is Cc1ccc(S(=O)(=O)N(CC(=O)N(Cc2ccc(Br)cc2)C(C)C(=O)NC(C)C)c2ccc(Cl)c(C(F)(F)F)c2)cc1. The lowest BCUT2D eigenvalue weighted by Gasteiger charge is -2.32. The Hall–Kier alpha value is -3.09. The molecule has 0 saturated carbocycles. The second-order valence-corrected chi connectivity index (χ2v) is 13.2. The zero-order valence-electron chi connectivity index (χ0n) is 23.2. The number of hydrogen-bond donors (Lipinski definition) is 1. The standard InChI is InChI=1S/C29H30BrClF3N3O4S/c1-18(2)35-28(39)20(4)36(16-21-7-9-22(30)10-8-21)27(38)17-37(42(40,41)24-12-5-19(3)6-13-24)23-11-14-26(31)25(15-23)29(32,33)34/h5-15,18,20H,16-17H2,1-4H3,(H,35,39). The molecular weight excluding hydrogens is 659 g/mol. The van der Waals surface area contributed by atoms with Crippen molar-refractivity contribution in [1.29, 1.82) is 0 Å². The predicted molar refractivity (Wildman–Crippen MR) is 160 cm³/mol. The summed E-state index contributed by atoms with van der Waals surface area (Å²) in [7, 11) is -4.55. The van der Waals surface area contributed by atoms with Gasteiger partial charge in [-0.2, -0.15) is 13.2 Å². The summed E-state index contributed by atoms with van der Waals surface area (Å²) in [5.41, 5.74) is -0.263. The van der Waals surface area contributed by atoms with E-state index in [2.05, 4.69) is 21.2 Å². The van der Waals surface area contributed by atoms with Crippen LogP contribution in [0.25, 0.3) is 0 Å². The highest BCUT2D eigenvalue weighted by Crippen LogP contribution is 2.38. The molecule has 0 aliphatic carbocycles. The van der Waals surface area contributed by atoms with Crippen LogP contribution in [0.4, 0.5) is 18.9 Å². The minimum atomic E-state index is -4.88. The zero-order valence-corrected chi connectivity index (χ0v) is 26.4. The number of halogens is 5. The summed E-state index contributed by atoms with van der Waals surface area (Å²) in [6, 6.07) is 14.0. The summed E-state index contributed by atoms with van der Waals surface area (Å²) in [4.78, 5) is 27.8. The molecule has 0 saturated heterocycles. The van der Waals surface area contributed by atoms with E-state index in [4.69, 9.17) is 11.6 Å². The maximum Gasteiger partial charge on any atom is 0.417 e. The normalized spacial score (nSPS) is 12.6. The van der Waals surface area contributed by atoms with Gasteiger partial charge in [-0.15, -0.1) is 0 Å². The first-order valence-corrected chi connectivity index (χ1v) is 15.4. The fourth-order valence-electron chi connectivity index (χ4n) is 4.03.